The van der Waals surface area contributed by atoms with Gasteiger partial charge in [0.25, 0.3) is 5.91 Å². The standard InChI is InChI=1S/C26H24N2O5S/c29-26(27-19-12-14-21(15-13-19)34(30,31)28-16-6-7-17-28)25-23(18-32-20-8-2-1-3-9-20)22-10-4-5-11-24(22)33-25/h1-5,8-15H,6-7,16-18H2,(H,27,29). The van der Waals surface area contributed by atoms with Gasteiger partial charge in [-0.2, -0.15) is 4.31 Å². The highest BCUT2D eigenvalue weighted by molar-refractivity contribution is 7.89. The Hall–Kier alpha value is -3.62. The topological polar surface area (TPSA) is 88.9 Å². The Morgan fingerprint density at radius 1 is 0.912 bits per heavy atom. The zero-order chi connectivity index (χ0) is 23.5. The Kier molecular flexibility index (Phi) is 6.08. The number of benzene rings is 3. The van der Waals surface area contributed by atoms with Crippen LogP contribution in [0.4, 0.5) is 5.69 Å². The molecule has 5 rings (SSSR count). The molecule has 0 aliphatic carbocycles. The van der Waals surface area contributed by atoms with Crippen molar-refractivity contribution >= 4 is 32.6 Å². The second-order valence-corrected chi connectivity index (χ2v) is 10.0. The lowest BCUT2D eigenvalue weighted by atomic mass is 10.1. The Morgan fingerprint density at radius 3 is 2.32 bits per heavy atom. The van der Waals surface area contributed by atoms with Gasteiger partial charge in [-0.3, -0.25) is 4.79 Å². The summed E-state index contributed by atoms with van der Waals surface area (Å²) in [6.07, 6.45) is 1.75. The first kappa shape index (κ1) is 22.2. The third kappa shape index (κ3) is 4.42. The molecule has 4 aromatic rings. The van der Waals surface area contributed by atoms with E-state index in [-0.39, 0.29) is 17.3 Å². The smallest absolute Gasteiger partial charge is 0.291 e. The summed E-state index contributed by atoms with van der Waals surface area (Å²) in [6, 6.07) is 23.0. The Labute approximate surface area is 198 Å². The highest BCUT2D eigenvalue weighted by Crippen LogP contribution is 2.28. The lowest BCUT2D eigenvalue weighted by molar-refractivity contribution is 0.0995. The second kappa shape index (κ2) is 9.32. The molecule has 3 aromatic carbocycles. The van der Waals surface area contributed by atoms with Crippen LogP contribution in [0, 0.1) is 0 Å². The van der Waals surface area contributed by atoms with Crippen LogP contribution in [0.25, 0.3) is 11.0 Å². The van der Waals surface area contributed by atoms with Gasteiger partial charge in [-0.25, -0.2) is 8.42 Å². The van der Waals surface area contributed by atoms with E-state index >= 15 is 0 Å². The van der Waals surface area contributed by atoms with Gasteiger partial charge in [0.05, 0.1) is 4.90 Å². The summed E-state index contributed by atoms with van der Waals surface area (Å²) in [5, 5.41) is 3.61. The Bertz CT molecular complexity index is 1410. The molecule has 0 unspecified atom stereocenters. The van der Waals surface area contributed by atoms with Gasteiger partial charge in [0.15, 0.2) is 5.76 Å². The number of ether oxygens (including phenoxy) is 1. The lowest BCUT2D eigenvalue weighted by Crippen LogP contribution is -2.27. The van der Waals surface area contributed by atoms with Crippen molar-refractivity contribution in [2.24, 2.45) is 0 Å². The maximum absolute atomic E-state index is 13.1. The van der Waals surface area contributed by atoms with E-state index in [2.05, 4.69) is 5.32 Å². The average Bonchev–Trinajstić information content (AvgIpc) is 3.53. The zero-order valence-electron chi connectivity index (χ0n) is 18.4. The first-order valence-electron chi connectivity index (χ1n) is 11.1. The molecule has 0 bridgehead atoms. The summed E-state index contributed by atoms with van der Waals surface area (Å²) in [4.78, 5) is 13.3. The number of anilines is 1. The predicted octanol–water partition coefficient (Wildman–Crippen LogP) is 5.05. The van der Waals surface area contributed by atoms with E-state index in [9.17, 15) is 13.2 Å². The van der Waals surface area contributed by atoms with Crippen LogP contribution >= 0.6 is 0 Å². The van der Waals surface area contributed by atoms with E-state index < -0.39 is 15.9 Å². The van der Waals surface area contributed by atoms with Crippen LogP contribution in [0.1, 0.15) is 29.0 Å². The molecule has 1 saturated heterocycles. The molecule has 1 aliphatic heterocycles. The van der Waals surface area contributed by atoms with Crippen molar-refractivity contribution < 1.29 is 22.4 Å². The average molecular weight is 477 g/mol. The number of rotatable bonds is 7. The molecular weight excluding hydrogens is 452 g/mol. The van der Waals surface area contributed by atoms with Crippen LogP contribution < -0.4 is 10.1 Å². The normalized spacial score (nSPS) is 14.4. The van der Waals surface area contributed by atoms with Crippen molar-refractivity contribution in [2.75, 3.05) is 18.4 Å². The molecule has 2 heterocycles. The van der Waals surface area contributed by atoms with Crippen molar-refractivity contribution in [1.82, 2.24) is 4.31 Å². The number of furan rings is 1. The number of hydrogen-bond donors (Lipinski definition) is 1. The molecule has 0 atom stereocenters. The fraction of sp³-hybridized carbons (Fsp3) is 0.192. The lowest BCUT2D eigenvalue weighted by Gasteiger charge is -2.15. The molecule has 1 fully saturated rings. The first-order chi connectivity index (χ1) is 16.5. The van der Waals surface area contributed by atoms with Crippen molar-refractivity contribution in [3.63, 3.8) is 0 Å². The molecule has 7 nitrogen and oxygen atoms in total. The number of nitrogens with zero attached hydrogens (tertiary/aromatic N) is 1. The van der Waals surface area contributed by atoms with Crippen LogP contribution in [-0.4, -0.2) is 31.7 Å². The van der Waals surface area contributed by atoms with Gasteiger partial charge in [-0.1, -0.05) is 36.4 Å². The third-order valence-corrected chi connectivity index (χ3v) is 7.76. The molecule has 174 valence electrons. The minimum Gasteiger partial charge on any atom is -0.489 e. The molecule has 1 N–H and O–H groups in total. The SMILES string of the molecule is O=C(Nc1ccc(S(=O)(=O)N2CCCC2)cc1)c1oc2ccccc2c1COc1ccccc1. The first-order valence-corrected chi connectivity index (χ1v) is 12.6. The fourth-order valence-electron chi connectivity index (χ4n) is 4.07. The molecule has 0 saturated carbocycles. The van der Waals surface area contributed by atoms with Gasteiger partial charge in [0, 0.05) is 29.7 Å². The van der Waals surface area contributed by atoms with E-state index in [0.717, 1.165) is 18.2 Å². The number of carbonyl (C=O) groups excluding carboxylic acids is 1. The summed E-state index contributed by atoms with van der Waals surface area (Å²) < 4.78 is 38.7. The highest BCUT2D eigenvalue weighted by Gasteiger charge is 2.27. The van der Waals surface area contributed by atoms with Crippen molar-refractivity contribution in [3.8, 4) is 5.75 Å². The number of hydrogen-bond acceptors (Lipinski definition) is 5. The van der Waals surface area contributed by atoms with Crippen LogP contribution in [0.5, 0.6) is 5.75 Å². The summed E-state index contributed by atoms with van der Waals surface area (Å²) in [7, 11) is -3.51. The van der Waals surface area contributed by atoms with Gasteiger partial charge in [-0.15, -0.1) is 0 Å². The van der Waals surface area contributed by atoms with Crippen molar-refractivity contribution in [1.29, 1.82) is 0 Å². The number of sulfonamides is 1. The molecule has 1 aliphatic rings. The van der Waals surface area contributed by atoms with E-state index in [1.54, 1.807) is 18.2 Å². The van der Waals surface area contributed by atoms with Gasteiger partial charge in [-0.05, 0) is 55.3 Å². The van der Waals surface area contributed by atoms with Gasteiger partial charge in [0.1, 0.15) is 17.9 Å². The van der Waals surface area contributed by atoms with E-state index in [0.29, 0.717) is 35.7 Å². The minimum atomic E-state index is -3.51. The fourth-order valence-corrected chi connectivity index (χ4v) is 5.59. The van der Waals surface area contributed by atoms with E-state index in [4.69, 9.17) is 9.15 Å². The number of amides is 1. The molecule has 0 spiro atoms. The summed E-state index contributed by atoms with van der Waals surface area (Å²) in [5.74, 6) is 0.415. The summed E-state index contributed by atoms with van der Waals surface area (Å²) >= 11 is 0. The van der Waals surface area contributed by atoms with Gasteiger partial charge in [0.2, 0.25) is 10.0 Å². The summed E-state index contributed by atoms with van der Waals surface area (Å²) in [6.45, 7) is 1.25. The van der Waals surface area contributed by atoms with Crippen LogP contribution in [0.15, 0.2) is 88.2 Å². The van der Waals surface area contributed by atoms with E-state index in [1.165, 1.54) is 16.4 Å². The Balaban J connectivity index is 1.37. The van der Waals surface area contributed by atoms with Crippen molar-refractivity contribution in [2.45, 2.75) is 24.3 Å². The minimum absolute atomic E-state index is 0.158. The molecular formula is C26H24N2O5S. The van der Waals surface area contributed by atoms with Crippen LogP contribution in [0.3, 0.4) is 0 Å². The second-order valence-electron chi connectivity index (χ2n) is 8.10. The molecule has 8 heteroatoms. The van der Waals surface area contributed by atoms with Gasteiger partial charge < -0.3 is 14.5 Å². The quantitative estimate of drug-likeness (QED) is 0.403. The number of carbonyl (C=O) groups is 1. The number of fused-ring (bicyclic) bond motifs is 1. The van der Waals surface area contributed by atoms with Crippen LogP contribution in [0.2, 0.25) is 0 Å². The number of para-hydroxylation sites is 2. The Morgan fingerprint density at radius 2 is 1.59 bits per heavy atom. The highest BCUT2D eigenvalue weighted by atomic mass is 32.2. The predicted molar refractivity (Wildman–Crippen MR) is 129 cm³/mol. The third-order valence-electron chi connectivity index (χ3n) is 5.85. The number of nitrogens with one attached hydrogen (secondary N) is 1. The largest absolute Gasteiger partial charge is 0.489 e. The zero-order valence-corrected chi connectivity index (χ0v) is 19.3. The molecule has 1 aromatic heterocycles. The molecule has 0 radical (unpaired) electrons. The summed E-state index contributed by atoms with van der Waals surface area (Å²) in [5.41, 5.74) is 1.71. The van der Waals surface area contributed by atoms with Crippen molar-refractivity contribution in [3.05, 3.63) is 90.2 Å². The molecule has 1 amide bonds. The van der Waals surface area contributed by atoms with E-state index in [1.807, 2.05) is 48.5 Å². The molecule has 34 heavy (non-hydrogen) atoms. The maximum atomic E-state index is 13.1. The van der Waals surface area contributed by atoms with Gasteiger partial charge >= 0.3 is 0 Å². The van der Waals surface area contributed by atoms with Crippen LogP contribution in [-0.2, 0) is 16.6 Å². The maximum Gasteiger partial charge on any atom is 0.291 e. The monoisotopic (exact) mass is 476 g/mol.